The highest BCUT2D eigenvalue weighted by molar-refractivity contribution is 5.80. The molecule has 2 aliphatic rings. The molecule has 1 amide bonds. The molecule has 0 spiro atoms. The number of alkyl carbamates (subject to hydrolysis) is 1. The van der Waals surface area contributed by atoms with Gasteiger partial charge in [0.15, 0.2) is 0 Å². The number of hydrogen-bond acceptors (Lipinski definition) is 10. The molecule has 1 fully saturated rings. The zero-order valence-corrected chi connectivity index (χ0v) is 22.7. The number of anilines is 3. The van der Waals surface area contributed by atoms with E-state index in [2.05, 4.69) is 43.0 Å². The Morgan fingerprint density at radius 2 is 2.00 bits per heavy atom. The quantitative estimate of drug-likeness (QED) is 0.242. The Morgan fingerprint density at radius 3 is 2.73 bits per heavy atom. The molecule has 0 bridgehead atoms. The first-order valence-electron chi connectivity index (χ1n) is 13.8. The van der Waals surface area contributed by atoms with Gasteiger partial charge in [-0.3, -0.25) is 4.79 Å². The molecule has 0 radical (unpaired) electrons. The van der Waals surface area contributed by atoms with Crippen LogP contribution >= 0.6 is 0 Å². The van der Waals surface area contributed by atoms with E-state index in [0.29, 0.717) is 18.2 Å². The van der Waals surface area contributed by atoms with Gasteiger partial charge >= 0.3 is 18.0 Å². The third-order valence-electron chi connectivity index (χ3n) is 7.24. The number of rotatable bonds is 12. The average molecular weight is 556 g/mol. The summed E-state index contributed by atoms with van der Waals surface area (Å²) in [7, 11) is 0. The van der Waals surface area contributed by atoms with Crippen LogP contribution in [0.5, 0.6) is 0 Å². The monoisotopic (exact) mass is 555 g/mol. The van der Waals surface area contributed by atoms with Gasteiger partial charge in [-0.15, -0.1) is 0 Å². The van der Waals surface area contributed by atoms with Gasteiger partial charge in [0.2, 0.25) is 0 Å². The fourth-order valence-electron chi connectivity index (χ4n) is 5.08. The summed E-state index contributed by atoms with van der Waals surface area (Å²) in [4.78, 5) is 50.3. The molecule has 216 valence electrons. The number of carbonyl (C=O) groups is 3. The minimum atomic E-state index is -1.27. The second kappa shape index (κ2) is 13.8. The molecule has 13 nitrogen and oxygen atoms in total. The molecule has 0 aromatic carbocycles. The summed E-state index contributed by atoms with van der Waals surface area (Å²) in [5.41, 5.74) is 3.28. The molecule has 2 aromatic rings. The number of nitrogens with zero attached hydrogens (tertiary/aromatic N) is 4. The topological polar surface area (TPSA) is 179 Å². The van der Waals surface area contributed by atoms with Gasteiger partial charge in [-0.2, -0.15) is 0 Å². The molecule has 4 rings (SSSR count). The van der Waals surface area contributed by atoms with Crippen molar-refractivity contribution in [2.75, 3.05) is 48.3 Å². The number of ether oxygens (including phenoxy) is 1. The number of carbonyl (C=O) groups excluding carboxylic acids is 1. The normalized spacial score (nSPS) is 15.9. The molecule has 1 unspecified atom stereocenters. The molecule has 1 saturated heterocycles. The van der Waals surface area contributed by atoms with E-state index < -0.39 is 24.1 Å². The SMILES string of the molecule is CCc1c(NCC(NC(=O)OCCCC(=O)O)C(=O)O)ncnc1N1CCC(c2ccc3c(n2)NCCC3)CC1. The fourth-order valence-corrected chi connectivity index (χ4v) is 5.08. The lowest BCUT2D eigenvalue weighted by Gasteiger charge is -2.34. The molecule has 1 atom stereocenters. The second-order valence-corrected chi connectivity index (χ2v) is 9.96. The Hall–Kier alpha value is -4.16. The number of hydrogen-bond donors (Lipinski definition) is 5. The first-order valence-corrected chi connectivity index (χ1v) is 13.8. The maximum absolute atomic E-state index is 12.0. The van der Waals surface area contributed by atoms with Crippen LogP contribution in [0, 0.1) is 0 Å². The summed E-state index contributed by atoms with van der Waals surface area (Å²) in [5.74, 6) is 0.486. The minimum absolute atomic E-state index is 0.122. The van der Waals surface area contributed by atoms with Gasteiger partial charge in [-0.05, 0) is 50.2 Å². The largest absolute Gasteiger partial charge is 0.481 e. The number of aliphatic carboxylic acids is 2. The highest BCUT2D eigenvalue weighted by atomic mass is 16.5. The van der Waals surface area contributed by atoms with Crippen molar-refractivity contribution in [3.8, 4) is 0 Å². The summed E-state index contributed by atoms with van der Waals surface area (Å²) in [5, 5.41) is 27.0. The number of carboxylic acids is 2. The summed E-state index contributed by atoms with van der Waals surface area (Å²) < 4.78 is 4.89. The van der Waals surface area contributed by atoms with Crippen molar-refractivity contribution < 1.29 is 29.3 Å². The minimum Gasteiger partial charge on any atom is -0.481 e. The number of amides is 1. The number of pyridine rings is 1. The molecule has 40 heavy (non-hydrogen) atoms. The predicted octanol–water partition coefficient (Wildman–Crippen LogP) is 2.63. The van der Waals surface area contributed by atoms with Crippen molar-refractivity contribution in [3.05, 3.63) is 35.3 Å². The summed E-state index contributed by atoms with van der Waals surface area (Å²) in [6.45, 7) is 4.34. The van der Waals surface area contributed by atoms with Gasteiger partial charge in [0.05, 0.1) is 6.61 Å². The van der Waals surface area contributed by atoms with E-state index in [9.17, 15) is 19.5 Å². The maximum Gasteiger partial charge on any atom is 0.407 e. The number of aryl methyl sites for hydroxylation is 1. The van der Waals surface area contributed by atoms with Crippen LogP contribution in [-0.2, 0) is 27.2 Å². The molecular formula is C27H37N7O6. The van der Waals surface area contributed by atoms with E-state index in [-0.39, 0.29) is 26.0 Å². The van der Waals surface area contributed by atoms with E-state index >= 15 is 0 Å². The zero-order chi connectivity index (χ0) is 28.5. The van der Waals surface area contributed by atoms with Crippen molar-refractivity contribution in [1.82, 2.24) is 20.3 Å². The number of nitrogens with one attached hydrogen (secondary N) is 3. The van der Waals surface area contributed by atoms with Crippen molar-refractivity contribution in [2.45, 2.75) is 63.8 Å². The number of piperidine rings is 1. The van der Waals surface area contributed by atoms with Crippen molar-refractivity contribution in [1.29, 1.82) is 0 Å². The van der Waals surface area contributed by atoms with E-state index in [1.807, 2.05) is 6.92 Å². The molecule has 0 saturated carbocycles. The van der Waals surface area contributed by atoms with Crippen LogP contribution in [0.1, 0.15) is 61.8 Å². The fraction of sp³-hybridized carbons (Fsp3) is 0.556. The van der Waals surface area contributed by atoms with Crippen LogP contribution in [0.25, 0.3) is 0 Å². The summed E-state index contributed by atoms with van der Waals surface area (Å²) >= 11 is 0. The lowest BCUT2D eigenvalue weighted by molar-refractivity contribution is -0.139. The molecule has 0 aliphatic carbocycles. The Bertz CT molecular complexity index is 1200. The van der Waals surface area contributed by atoms with Gasteiger partial charge in [0, 0.05) is 49.8 Å². The number of fused-ring (bicyclic) bond motifs is 1. The van der Waals surface area contributed by atoms with E-state index in [1.165, 1.54) is 11.9 Å². The first kappa shape index (κ1) is 28.8. The standard InChI is InChI=1S/C27H37N7O6/c1-2-19-24(29-15-21(26(37)38)33-27(39)40-14-4-6-22(35)36)30-16-31-25(19)34-12-9-17(10-13-34)20-8-7-18-5-3-11-28-23(18)32-20/h7-8,16-17,21H,2-6,9-15H2,1H3,(H,28,32)(H,33,39)(H,35,36)(H,37,38)(H,29,30,31). The Morgan fingerprint density at radius 1 is 1.20 bits per heavy atom. The van der Waals surface area contributed by atoms with E-state index in [4.69, 9.17) is 14.8 Å². The zero-order valence-electron chi connectivity index (χ0n) is 22.7. The van der Waals surface area contributed by atoms with Gasteiger partial charge in [-0.25, -0.2) is 24.5 Å². The van der Waals surface area contributed by atoms with Crippen LogP contribution in [0.2, 0.25) is 0 Å². The lowest BCUT2D eigenvalue weighted by atomic mass is 9.92. The Kier molecular flexibility index (Phi) is 9.92. The van der Waals surface area contributed by atoms with Gasteiger partial charge < -0.3 is 35.8 Å². The highest BCUT2D eigenvalue weighted by Gasteiger charge is 2.27. The maximum atomic E-state index is 12.0. The molecule has 4 heterocycles. The van der Waals surface area contributed by atoms with Gasteiger partial charge in [-0.1, -0.05) is 13.0 Å². The van der Waals surface area contributed by atoms with Crippen LogP contribution in [0.4, 0.5) is 22.2 Å². The second-order valence-electron chi connectivity index (χ2n) is 9.96. The predicted molar refractivity (Wildman–Crippen MR) is 148 cm³/mol. The van der Waals surface area contributed by atoms with Gasteiger partial charge in [0.25, 0.3) is 0 Å². The van der Waals surface area contributed by atoms with Crippen molar-refractivity contribution >= 4 is 35.5 Å². The summed E-state index contributed by atoms with van der Waals surface area (Å²) in [6, 6.07) is 3.09. The molecule has 5 N–H and O–H groups in total. The highest BCUT2D eigenvalue weighted by Crippen LogP contribution is 2.33. The van der Waals surface area contributed by atoms with Gasteiger partial charge in [0.1, 0.15) is 29.8 Å². The number of carboxylic acid groups (broad SMARTS) is 2. The third kappa shape index (κ3) is 7.48. The van der Waals surface area contributed by atoms with Crippen LogP contribution in [-0.4, -0.2) is 82.0 Å². The van der Waals surface area contributed by atoms with Crippen molar-refractivity contribution in [3.63, 3.8) is 0 Å². The lowest BCUT2D eigenvalue weighted by Crippen LogP contribution is -2.45. The Labute approximate surface area is 232 Å². The molecular weight excluding hydrogens is 518 g/mol. The van der Waals surface area contributed by atoms with E-state index in [1.54, 1.807) is 0 Å². The first-order chi connectivity index (χ1) is 19.4. The van der Waals surface area contributed by atoms with Crippen LogP contribution in [0.15, 0.2) is 18.5 Å². The van der Waals surface area contributed by atoms with E-state index in [0.717, 1.165) is 68.2 Å². The molecule has 2 aliphatic heterocycles. The third-order valence-corrected chi connectivity index (χ3v) is 7.24. The Balaban J connectivity index is 1.34. The van der Waals surface area contributed by atoms with Crippen LogP contribution < -0.4 is 20.9 Å². The molecule has 13 heteroatoms. The number of aromatic nitrogens is 3. The molecule has 2 aromatic heterocycles. The smallest absolute Gasteiger partial charge is 0.407 e. The average Bonchev–Trinajstić information content (AvgIpc) is 2.96. The summed E-state index contributed by atoms with van der Waals surface area (Å²) in [6.07, 6.45) is 5.26. The van der Waals surface area contributed by atoms with Crippen molar-refractivity contribution in [2.24, 2.45) is 0 Å². The van der Waals surface area contributed by atoms with Crippen LogP contribution in [0.3, 0.4) is 0 Å².